The van der Waals surface area contributed by atoms with E-state index in [4.69, 9.17) is 0 Å². The Morgan fingerprint density at radius 1 is 1.26 bits per heavy atom. The van der Waals surface area contributed by atoms with Crippen LogP contribution in [0, 0.1) is 17.7 Å². The van der Waals surface area contributed by atoms with Crippen LogP contribution in [0.2, 0.25) is 0 Å². The first kappa shape index (κ1) is 17.7. The Labute approximate surface area is 157 Å². The third kappa shape index (κ3) is 3.59. The molecule has 4 rings (SSSR count). The number of aryl methyl sites for hydroxylation is 1. The van der Waals surface area contributed by atoms with Crippen LogP contribution >= 0.6 is 0 Å². The predicted molar refractivity (Wildman–Crippen MR) is 98.5 cm³/mol. The van der Waals surface area contributed by atoms with Gasteiger partial charge in [0.15, 0.2) is 0 Å². The SMILES string of the molecule is CC1CC(C(=O)N2CCCn3ncc(C(=O)Nc4cccc(F)c4)c3C2)C1. The number of amides is 2. The minimum Gasteiger partial charge on any atom is -0.336 e. The number of halogens is 1. The molecule has 2 heterocycles. The minimum atomic E-state index is -0.409. The van der Waals surface area contributed by atoms with Gasteiger partial charge in [-0.3, -0.25) is 14.3 Å². The van der Waals surface area contributed by atoms with Crippen molar-refractivity contribution in [3.8, 4) is 0 Å². The Kier molecular flexibility index (Phi) is 4.68. The van der Waals surface area contributed by atoms with Gasteiger partial charge in [-0.1, -0.05) is 13.0 Å². The molecule has 0 saturated heterocycles. The van der Waals surface area contributed by atoms with Crippen molar-refractivity contribution in [2.75, 3.05) is 11.9 Å². The van der Waals surface area contributed by atoms with Crippen molar-refractivity contribution < 1.29 is 14.0 Å². The first-order valence-corrected chi connectivity index (χ1v) is 9.41. The van der Waals surface area contributed by atoms with Crippen LogP contribution in [0.4, 0.5) is 10.1 Å². The minimum absolute atomic E-state index is 0.110. The Bertz CT molecular complexity index is 873. The zero-order valence-corrected chi connectivity index (χ0v) is 15.3. The van der Waals surface area contributed by atoms with Gasteiger partial charge in [0, 0.05) is 24.7 Å². The number of carbonyl (C=O) groups excluding carboxylic acids is 2. The highest BCUT2D eigenvalue weighted by Gasteiger charge is 2.35. The maximum atomic E-state index is 13.4. The molecular formula is C20H23FN4O2. The quantitative estimate of drug-likeness (QED) is 0.903. The topological polar surface area (TPSA) is 67.2 Å². The Balaban J connectivity index is 1.52. The number of hydrogen-bond acceptors (Lipinski definition) is 3. The lowest BCUT2D eigenvalue weighted by Crippen LogP contribution is -2.41. The third-order valence-corrected chi connectivity index (χ3v) is 5.45. The van der Waals surface area contributed by atoms with Gasteiger partial charge in [0.2, 0.25) is 5.91 Å². The third-order valence-electron chi connectivity index (χ3n) is 5.45. The lowest BCUT2D eigenvalue weighted by molar-refractivity contribution is -0.140. The number of hydrogen-bond donors (Lipinski definition) is 1. The lowest BCUT2D eigenvalue weighted by Gasteiger charge is -2.35. The summed E-state index contributed by atoms with van der Waals surface area (Å²) in [7, 11) is 0. The van der Waals surface area contributed by atoms with Crippen molar-refractivity contribution in [2.45, 2.75) is 39.3 Å². The Morgan fingerprint density at radius 3 is 2.81 bits per heavy atom. The maximum Gasteiger partial charge on any atom is 0.259 e. The molecule has 1 saturated carbocycles. The second-order valence-electron chi connectivity index (χ2n) is 7.58. The first-order valence-electron chi connectivity index (χ1n) is 9.41. The number of nitrogens with one attached hydrogen (secondary N) is 1. The summed E-state index contributed by atoms with van der Waals surface area (Å²) in [6.45, 7) is 3.90. The zero-order valence-electron chi connectivity index (χ0n) is 15.3. The normalized spacial score (nSPS) is 21.8. The van der Waals surface area contributed by atoms with E-state index in [1.807, 2.05) is 4.90 Å². The summed E-state index contributed by atoms with van der Waals surface area (Å²) < 4.78 is 15.2. The van der Waals surface area contributed by atoms with Crippen LogP contribution in [0.25, 0.3) is 0 Å². The van der Waals surface area contributed by atoms with Gasteiger partial charge in [-0.25, -0.2) is 4.39 Å². The lowest BCUT2D eigenvalue weighted by atomic mass is 9.75. The number of carbonyl (C=O) groups is 2. The number of benzene rings is 1. The van der Waals surface area contributed by atoms with E-state index in [1.54, 1.807) is 16.8 Å². The fourth-order valence-electron chi connectivity index (χ4n) is 3.95. The molecule has 1 fully saturated rings. The molecule has 142 valence electrons. The molecule has 1 aromatic carbocycles. The molecule has 2 aliphatic rings. The van der Waals surface area contributed by atoms with Gasteiger partial charge < -0.3 is 10.2 Å². The molecular weight excluding hydrogens is 347 g/mol. The molecule has 0 unspecified atom stereocenters. The van der Waals surface area contributed by atoms with Crippen LogP contribution in [-0.2, 0) is 17.9 Å². The number of anilines is 1. The molecule has 6 nitrogen and oxygen atoms in total. The summed E-state index contributed by atoms with van der Waals surface area (Å²) in [5.41, 5.74) is 1.56. The second kappa shape index (κ2) is 7.13. The fraction of sp³-hybridized carbons (Fsp3) is 0.450. The number of nitrogens with zero attached hydrogens (tertiary/aromatic N) is 3. The number of aromatic nitrogens is 2. The van der Waals surface area contributed by atoms with Gasteiger partial charge in [-0.05, 0) is 43.4 Å². The molecule has 0 radical (unpaired) electrons. The van der Waals surface area contributed by atoms with Crippen molar-refractivity contribution in [3.63, 3.8) is 0 Å². The molecule has 1 aliphatic heterocycles. The molecule has 0 spiro atoms. The number of rotatable bonds is 3. The van der Waals surface area contributed by atoms with Crippen molar-refractivity contribution in [3.05, 3.63) is 47.5 Å². The van der Waals surface area contributed by atoms with Gasteiger partial charge >= 0.3 is 0 Å². The van der Waals surface area contributed by atoms with Crippen molar-refractivity contribution in [1.82, 2.24) is 14.7 Å². The largest absolute Gasteiger partial charge is 0.336 e. The van der Waals surface area contributed by atoms with Gasteiger partial charge in [0.25, 0.3) is 5.91 Å². The van der Waals surface area contributed by atoms with Crippen LogP contribution < -0.4 is 5.32 Å². The standard InChI is InChI=1S/C20H23FN4O2/c1-13-8-14(9-13)20(27)24-6-3-7-25-18(12-24)17(11-22-25)19(26)23-16-5-2-4-15(21)10-16/h2,4-5,10-11,13-14H,3,6-9,12H2,1H3,(H,23,26). The Hall–Kier alpha value is -2.70. The van der Waals surface area contributed by atoms with E-state index in [0.717, 1.165) is 25.0 Å². The fourth-order valence-corrected chi connectivity index (χ4v) is 3.95. The predicted octanol–water partition coefficient (Wildman–Crippen LogP) is 3.05. The second-order valence-corrected chi connectivity index (χ2v) is 7.58. The highest BCUT2D eigenvalue weighted by Crippen LogP contribution is 2.35. The van der Waals surface area contributed by atoms with Crippen LogP contribution in [0.3, 0.4) is 0 Å². The highest BCUT2D eigenvalue weighted by molar-refractivity contribution is 6.05. The van der Waals surface area contributed by atoms with Crippen LogP contribution in [0.1, 0.15) is 42.2 Å². The van der Waals surface area contributed by atoms with Gasteiger partial charge in [-0.2, -0.15) is 5.10 Å². The molecule has 1 aliphatic carbocycles. The summed E-state index contributed by atoms with van der Waals surface area (Å²) in [5.74, 6) is 0.156. The summed E-state index contributed by atoms with van der Waals surface area (Å²) in [4.78, 5) is 27.3. The zero-order chi connectivity index (χ0) is 19.0. The Morgan fingerprint density at radius 2 is 2.07 bits per heavy atom. The first-order chi connectivity index (χ1) is 13.0. The van der Waals surface area contributed by atoms with E-state index in [-0.39, 0.29) is 17.7 Å². The molecule has 0 atom stereocenters. The monoisotopic (exact) mass is 370 g/mol. The van der Waals surface area contributed by atoms with E-state index in [2.05, 4.69) is 17.3 Å². The number of fused-ring (bicyclic) bond motifs is 1. The highest BCUT2D eigenvalue weighted by atomic mass is 19.1. The summed E-state index contributed by atoms with van der Waals surface area (Å²) in [5, 5.41) is 7.04. The van der Waals surface area contributed by atoms with Gasteiger partial charge in [-0.15, -0.1) is 0 Å². The van der Waals surface area contributed by atoms with E-state index in [0.29, 0.717) is 36.8 Å². The summed E-state index contributed by atoms with van der Waals surface area (Å²) >= 11 is 0. The van der Waals surface area contributed by atoms with E-state index in [9.17, 15) is 14.0 Å². The van der Waals surface area contributed by atoms with Crippen LogP contribution in [0.15, 0.2) is 30.5 Å². The average Bonchev–Trinajstić information content (AvgIpc) is 2.88. The maximum absolute atomic E-state index is 13.4. The smallest absolute Gasteiger partial charge is 0.259 e. The van der Waals surface area contributed by atoms with Crippen molar-refractivity contribution in [1.29, 1.82) is 0 Å². The van der Waals surface area contributed by atoms with Crippen LogP contribution in [-0.4, -0.2) is 33.0 Å². The molecule has 0 bridgehead atoms. The molecule has 2 aromatic rings. The molecule has 27 heavy (non-hydrogen) atoms. The van der Waals surface area contributed by atoms with Crippen molar-refractivity contribution >= 4 is 17.5 Å². The molecule has 1 N–H and O–H groups in total. The summed E-state index contributed by atoms with van der Waals surface area (Å²) in [6.07, 6.45) is 4.24. The van der Waals surface area contributed by atoms with E-state index in [1.165, 1.54) is 18.3 Å². The van der Waals surface area contributed by atoms with Gasteiger partial charge in [0.05, 0.1) is 24.0 Å². The molecule has 2 amide bonds. The van der Waals surface area contributed by atoms with Crippen molar-refractivity contribution in [2.24, 2.45) is 11.8 Å². The average molecular weight is 370 g/mol. The van der Waals surface area contributed by atoms with Crippen LogP contribution in [0.5, 0.6) is 0 Å². The van der Waals surface area contributed by atoms with E-state index >= 15 is 0 Å². The van der Waals surface area contributed by atoms with Gasteiger partial charge in [0.1, 0.15) is 5.82 Å². The molecule has 7 heteroatoms. The summed E-state index contributed by atoms with van der Waals surface area (Å²) in [6, 6.07) is 5.78. The molecule has 1 aromatic heterocycles. The van der Waals surface area contributed by atoms with E-state index < -0.39 is 5.82 Å².